The van der Waals surface area contributed by atoms with Gasteiger partial charge in [-0.3, -0.25) is 9.59 Å². The molecule has 0 radical (unpaired) electrons. The van der Waals surface area contributed by atoms with Gasteiger partial charge < -0.3 is 4.84 Å². The number of thiophene rings is 1. The molecule has 0 saturated carbocycles. The molecule has 0 bridgehead atoms. The van der Waals surface area contributed by atoms with Crippen molar-refractivity contribution < 1.29 is 19.2 Å². The van der Waals surface area contributed by atoms with Gasteiger partial charge in [0.05, 0.1) is 17.5 Å². The summed E-state index contributed by atoms with van der Waals surface area (Å²) in [6, 6.07) is 10.3. The van der Waals surface area contributed by atoms with Crippen molar-refractivity contribution in [3.05, 3.63) is 57.3 Å². The second kappa shape index (κ2) is 5.73. The molecule has 5 nitrogen and oxygen atoms in total. The van der Waals surface area contributed by atoms with Crippen LogP contribution in [0.4, 0.5) is 0 Å². The predicted octanol–water partition coefficient (Wildman–Crippen LogP) is 2.74. The minimum absolute atomic E-state index is 0.118. The van der Waals surface area contributed by atoms with Gasteiger partial charge in [-0.15, -0.1) is 11.3 Å². The lowest BCUT2D eigenvalue weighted by Gasteiger charge is -2.12. The van der Waals surface area contributed by atoms with E-state index in [2.05, 4.69) is 0 Å². The molecular formula is C16H13NO4S. The van der Waals surface area contributed by atoms with Crippen LogP contribution in [0.2, 0.25) is 0 Å². The van der Waals surface area contributed by atoms with E-state index < -0.39 is 17.8 Å². The van der Waals surface area contributed by atoms with Crippen LogP contribution in [0, 0.1) is 6.92 Å². The number of rotatable bonds is 4. The first kappa shape index (κ1) is 14.5. The zero-order valence-electron chi connectivity index (χ0n) is 11.9. The van der Waals surface area contributed by atoms with Gasteiger partial charge in [-0.25, -0.2) is 4.79 Å². The fourth-order valence-corrected chi connectivity index (χ4v) is 3.13. The molecule has 112 valence electrons. The third kappa shape index (κ3) is 2.65. The number of carbonyl (C=O) groups excluding carboxylic acids is 3. The number of nitrogens with zero attached hydrogens (tertiary/aromatic N) is 1. The van der Waals surface area contributed by atoms with Gasteiger partial charge in [-0.05, 0) is 37.6 Å². The molecule has 1 aliphatic rings. The number of hydrogen-bond acceptors (Lipinski definition) is 5. The average molecular weight is 315 g/mol. The Balaban J connectivity index is 1.63. The Labute approximate surface area is 131 Å². The molecule has 1 aromatic carbocycles. The molecule has 0 spiro atoms. The molecule has 0 fully saturated rings. The van der Waals surface area contributed by atoms with Crippen LogP contribution < -0.4 is 0 Å². The Bertz CT molecular complexity index is 730. The summed E-state index contributed by atoms with van der Waals surface area (Å²) in [4.78, 5) is 43.1. The standard InChI is InChI=1S/C16H13NO4S/c1-10-6-7-11(22-10)8-9-14(18)21-17-15(19)12-4-2-3-5-13(12)16(17)20/h2-7H,8-9H2,1H3. The minimum Gasteiger partial charge on any atom is -0.330 e. The molecule has 0 unspecified atom stereocenters. The largest absolute Gasteiger partial charge is 0.333 e. The van der Waals surface area contributed by atoms with Crippen molar-refractivity contribution in [3.8, 4) is 0 Å². The Kier molecular flexibility index (Phi) is 3.77. The van der Waals surface area contributed by atoms with E-state index in [1.165, 1.54) is 17.0 Å². The molecule has 2 aromatic rings. The summed E-state index contributed by atoms with van der Waals surface area (Å²) in [6.45, 7) is 1.99. The summed E-state index contributed by atoms with van der Waals surface area (Å²) in [5.74, 6) is -1.79. The van der Waals surface area contributed by atoms with Gasteiger partial charge in [0.25, 0.3) is 11.8 Å². The van der Waals surface area contributed by atoms with Crippen LogP contribution in [0.5, 0.6) is 0 Å². The van der Waals surface area contributed by atoms with Gasteiger partial charge in [0.15, 0.2) is 0 Å². The quantitative estimate of drug-likeness (QED) is 0.814. The van der Waals surface area contributed by atoms with Crippen molar-refractivity contribution in [2.75, 3.05) is 0 Å². The number of benzene rings is 1. The van der Waals surface area contributed by atoms with E-state index in [0.717, 1.165) is 4.88 Å². The Hall–Kier alpha value is -2.47. The zero-order valence-corrected chi connectivity index (χ0v) is 12.7. The molecule has 0 N–H and O–H groups in total. The van der Waals surface area contributed by atoms with Gasteiger partial charge in [0.2, 0.25) is 0 Å². The number of aryl methyl sites for hydroxylation is 2. The number of amides is 2. The summed E-state index contributed by atoms with van der Waals surface area (Å²) in [6.07, 6.45) is 0.647. The minimum atomic E-state index is -0.597. The van der Waals surface area contributed by atoms with Crippen molar-refractivity contribution in [1.82, 2.24) is 5.06 Å². The third-order valence-electron chi connectivity index (χ3n) is 3.32. The lowest BCUT2D eigenvalue weighted by Crippen LogP contribution is -2.32. The van der Waals surface area contributed by atoms with Crippen molar-refractivity contribution in [1.29, 1.82) is 0 Å². The van der Waals surface area contributed by atoms with Crippen molar-refractivity contribution in [2.24, 2.45) is 0 Å². The Morgan fingerprint density at radius 1 is 1.09 bits per heavy atom. The van der Waals surface area contributed by atoms with Crippen molar-refractivity contribution in [3.63, 3.8) is 0 Å². The van der Waals surface area contributed by atoms with Crippen molar-refractivity contribution in [2.45, 2.75) is 19.8 Å². The van der Waals surface area contributed by atoms with Crippen LogP contribution in [0.25, 0.3) is 0 Å². The average Bonchev–Trinajstić information content (AvgIpc) is 3.03. The zero-order chi connectivity index (χ0) is 15.7. The van der Waals surface area contributed by atoms with Crippen LogP contribution in [0.15, 0.2) is 36.4 Å². The first-order valence-corrected chi connectivity index (χ1v) is 7.62. The maximum atomic E-state index is 12.1. The summed E-state index contributed by atoms with van der Waals surface area (Å²) < 4.78 is 0. The van der Waals surface area contributed by atoms with E-state index in [1.807, 2.05) is 19.1 Å². The Morgan fingerprint density at radius 2 is 1.73 bits per heavy atom. The highest BCUT2D eigenvalue weighted by atomic mass is 32.1. The van der Waals surface area contributed by atoms with E-state index in [9.17, 15) is 14.4 Å². The lowest BCUT2D eigenvalue weighted by molar-refractivity contribution is -0.168. The predicted molar refractivity (Wildman–Crippen MR) is 80.4 cm³/mol. The molecule has 0 saturated heterocycles. The third-order valence-corrected chi connectivity index (χ3v) is 4.38. The topological polar surface area (TPSA) is 63.7 Å². The number of carbonyl (C=O) groups is 3. The molecule has 3 rings (SSSR count). The van der Waals surface area contributed by atoms with Gasteiger partial charge in [0, 0.05) is 9.75 Å². The summed E-state index contributed by atoms with van der Waals surface area (Å²) in [5.41, 5.74) is 0.517. The van der Waals surface area contributed by atoms with Crippen LogP contribution in [0.3, 0.4) is 0 Å². The highest BCUT2D eigenvalue weighted by Gasteiger charge is 2.38. The number of imide groups is 1. The lowest BCUT2D eigenvalue weighted by atomic mass is 10.1. The van der Waals surface area contributed by atoms with E-state index in [-0.39, 0.29) is 17.5 Å². The molecular weight excluding hydrogens is 302 g/mol. The number of hydrogen-bond donors (Lipinski definition) is 0. The molecule has 1 aromatic heterocycles. The second-order valence-corrected chi connectivity index (χ2v) is 6.30. The molecule has 1 aliphatic heterocycles. The smallest absolute Gasteiger partial charge is 0.330 e. The van der Waals surface area contributed by atoms with Gasteiger partial charge >= 0.3 is 5.97 Å². The first-order valence-electron chi connectivity index (χ1n) is 6.80. The van der Waals surface area contributed by atoms with E-state index in [4.69, 9.17) is 4.84 Å². The number of fused-ring (bicyclic) bond motifs is 1. The monoisotopic (exact) mass is 315 g/mol. The summed E-state index contributed by atoms with van der Waals surface area (Å²) in [7, 11) is 0. The highest BCUT2D eigenvalue weighted by Crippen LogP contribution is 2.23. The van der Waals surface area contributed by atoms with Gasteiger partial charge in [0.1, 0.15) is 0 Å². The molecule has 22 heavy (non-hydrogen) atoms. The normalized spacial score (nSPS) is 13.4. The summed E-state index contributed by atoms with van der Waals surface area (Å²) >= 11 is 1.61. The maximum absolute atomic E-state index is 12.1. The van der Waals surface area contributed by atoms with E-state index >= 15 is 0 Å². The first-order chi connectivity index (χ1) is 10.6. The van der Waals surface area contributed by atoms with Crippen LogP contribution in [-0.4, -0.2) is 22.8 Å². The SMILES string of the molecule is Cc1ccc(CCC(=O)ON2C(=O)c3ccccc3C2=O)s1. The Morgan fingerprint density at radius 3 is 2.27 bits per heavy atom. The molecule has 6 heteroatoms. The molecule has 2 heterocycles. The van der Waals surface area contributed by atoms with Crippen molar-refractivity contribution >= 4 is 29.1 Å². The van der Waals surface area contributed by atoms with Gasteiger partial charge in [-0.2, -0.15) is 0 Å². The van der Waals surface area contributed by atoms with Gasteiger partial charge in [-0.1, -0.05) is 17.2 Å². The molecule has 2 amide bonds. The summed E-state index contributed by atoms with van der Waals surface area (Å²) in [5, 5.41) is 0.548. The van der Waals surface area contributed by atoms with E-state index in [0.29, 0.717) is 11.5 Å². The highest BCUT2D eigenvalue weighted by molar-refractivity contribution is 7.11. The van der Waals surface area contributed by atoms with Crippen LogP contribution in [-0.2, 0) is 16.1 Å². The van der Waals surface area contributed by atoms with Crippen LogP contribution >= 0.6 is 11.3 Å². The van der Waals surface area contributed by atoms with Crippen LogP contribution in [0.1, 0.15) is 36.9 Å². The van der Waals surface area contributed by atoms with E-state index in [1.54, 1.807) is 23.5 Å². The maximum Gasteiger partial charge on any atom is 0.333 e. The fraction of sp³-hybridized carbons (Fsp3) is 0.188. The molecule has 0 aliphatic carbocycles. The fourth-order valence-electron chi connectivity index (χ4n) is 2.24. The number of hydroxylamine groups is 2. The second-order valence-electron chi connectivity index (χ2n) is 4.93. The molecule has 0 atom stereocenters.